The van der Waals surface area contributed by atoms with Crippen LogP contribution in [-0.4, -0.2) is 72.2 Å². The predicted molar refractivity (Wildman–Crippen MR) is 83.8 cm³/mol. The van der Waals surface area contributed by atoms with Crippen LogP contribution in [0.2, 0.25) is 3.67 Å². The second-order valence-corrected chi connectivity index (χ2v) is 6.72. The van der Waals surface area contributed by atoms with E-state index in [1.165, 1.54) is 95.8 Å². The van der Waals surface area contributed by atoms with E-state index < -0.39 is 7.82 Å². The van der Waals surface area contributed by atoms with Crippen LogP contribution >= 0.6 is 7.82 Å². The summed E-state index contributed by atoms with van der Waals surface area (Å²) in [6.45, 7) is 2.29. The topological polar surface area (TPSA) is 77.8 Å². The average molecular weight is 314 g/mol. The molecular weight excluding hydrogens is 285 g/mol. The summed E-state index contributed by atoms with van der Waals surface area (Å²) in [6, 6.07) is 0. The normalized spacial score (nSPS) is 10.4. The first kappa shape index (κ1) is 26.0. The maximum absolute atomic E-state index is 8.88. The third-order valence-electron chi connectivity index (χ3n) is 2.71. The molecule has 0 aliphatic carbocycles. The Kier molecular flexibility index (Phi) is 27.6. The van der Waals surface area contributed by atoms with E-state index in [9.17, 15) is 0 Å². The Bertz CT molecular complexity index is 182. The van der Waals surface area contributed by atoms with E-state index in [1.807, 2.05) is 0 Å². The SMILES string of the molecule is CCCCCCCCCCC[CH2][Na].O=P(O)(O)O.[NaH]. The van der Waals surface area contributed by atoms with E-state index in [0.717, 1.165) is 0 Å². The summed E-state index contributed by atoms with van der Waals surface area (Å²) in [5.74, 6) is 0. The van der Waals surface area contributed by atoms with Gasteiger partial charge in [0.15, 0.2) is 0 Å². The van der Waals surface area contributed by atoms with Gasteiger partial charge < -0.3 is 14.7 Å². The molecule has 0 amide bonds. The fourth-order valence-electron chi connectivity index (χ4n) is 1.74. The third kappa shape index (κ3) is 45.0. The molecular formula is C12H29Na2O4P. The summed E-state index contributed by atoms with van der Waals surface area (Å²) < 4.78 is 10.4. The van der Waals surface area contributed by atoms with Crippen molar-refractivity contribution in [3.05, 3.63) is 0 Å². The quantitative estimate of drug-likeness (QED) is 0.329. The van der Waals surface area contributed by atoms with Crippen molar-refractivity contribution >= 4 is 65.3 Å². The predicted octanol–water partition coefficient (Wildman–Crippen LogP) is 2.92. The number of hydrogen-bond donors (Lipinski definition) is 3. The molecule has 7 heteroatoms. The van der Waals surface area contributed by atoms with Gasteiger partial charge in [-0.3, -0.25) is 0 Å². The maximum atomic E-state index is 8.88. The summed E-state index contributed by atoms with van der Waals surface area (Å²) >= 11 is 1.41. The van der Waals surface area contributed by atoms with Gasteiger partial charge in [0, 0.05) is 0 Å². The Morgan fingerprint density at radius 2 is 1.05 bits per heavy atom. The Hall–Kier alpha value is 2.11. The zero-order chi connectivity index (χ0) is 14.3. The van der Waals surface area contributed by atoms with Gasteiger partial charge in [-0.15, -0.1) is 0 Å². The van der Waals surface area contributed by atoms with Crippen LogP contribution in [0.15, 0.2) is 0 Å². The molecule has 4 nitrogen and oxygen atoms in total. The fraction of sp³-hybridized carbons (Fsp3) is 1.00. The molecule has 0 bridgehead atoms. The second-order valence-electron chi connectivity index (χ2n) is 4.70. The van der Waals surface area contributed by atoms with Crippen molar-refractivity contribution in [2.24, 2.45) is 0 Å². The molecule has 3 N–H and O–H groups in total. The number of hydrogen-bond acceptors (Lipinski definition) is 1. The van der Waals surface area contributed by atoms with Crippen LogP contribution in [0, 0.1) is 0 Å². The summed E-state index contributed by atoms with van der Waals surface area (Å²) in [5.41, 5.74) is 0. The van der Waals surface area contributed by atoms with Crippen LogP contribution in [0.1, 0.15) is 71.1 Å². The van der Waals surface area contributed by atoms with Gasteiger partial charge in [-0.05, 0) is 0 Å². The average Bonchev–Trinajstić information content (AvgIpc) is 2.25. The van der Waals surface area contributed by atoms with Gasteiger partial charge in [-0.25, -0.2) is 4.57 Å². The van der Waals surface area contributed by atoms with Crippen LogP contribution in [0.4, 0.5) is 0 Å². The van der Waals surface area contributed by atoms with Gasteiger partial charge in [-0.1, -0.05) is 0 Å². The van der Waals surface area contributed by atoms with Crippen LogP contribution in [0.5, 0.6) is 0 Å². The number of rotatable bonds is 10. The van der Waals surface area contributed by atoms with Crippen LogP contribution < -0.4 is 0 Å². The van der Waals surface area contributed by atoms with Crippen LogP contribution in [0.25, 0.3) is 0 Å². The molecule has 0 atom stereocenters. The minimum atomic E-state index is -4.64. The molecule has 19 heavy (non-hydrogen) atoms. The van der Waals surface area contributed by atoms with Gasteiger partial charge in [0.25, 0.3) is 0 Å². The zero-order valence-corrected chi connectivity index (χ0v) is 14.9. The molecule has 0 aliphatic heterocycles. The zero-order valence-electron chi connectivity index (χ0n) is 12.0. The number of phosphoric acid groups is 1. The molecule has 0 fully saturated rings. The molecule has 0 radical (unpaired) electrons. The molecule has 0 unspecified atom stereocenters. The first-order valence-corrected chi connectivity index (χ1v) is 10.2. The van der Waals surface area contributed by atoms with Gasteiger partial charge >= 0.3 is 140 Å². The Morgan fingerprint density at radius 3 is 1.32 bits per heavy atom. The molecule has 0 heterocycles. The monoisotopic (exact) mass is 314 g/mol. The Labute approximate surface area is 158 Å². The first-order valence-electron chi connectivity index (χ1n) is 7.20. The van der Waals surface area contributed by atoms with E-state index in [0.29, 0.717) is 0 Å². The van der Waals surface area contributed by atoms with Crippen LogP contribution in [-0.2, 0) is 4.57 Å². The summed E-state index contributed by atoms with van der Waals surface area (Å²) in [6.07, 6.45) is 14.7. The summed E-state index contributed by atoms with van der Waals surface area (Å²) in [4.78, 5) is 21.6. The van der Waals surface area contributed by atoms with Gasteiger partial charge in [0.05, 0.1) is 0 Å². The van der Waals surface area contributed by atoms with Crippen LogP contribution in [0.3, 0.4) is 0 Å². The molecule has 0 saturated carbocycles. The van der Waals surface area contributed by atoms with Crippen molar-refractivity contribution in [2.75, 3.05) is 0 Å². The molecule has 0 rings (SSSR count). The van der Waals surface area contributed by atoms with Crippen molar-refractivity contribution < 1.29 is 19.2 Å². The molecule has 0 saturated heterocycles. The Morgan fingerprint density at radius 1 is 0.789 bits per heavy atom. The summed E-state index contributed by atoms with van der Waals surface area (Å²) in [7, 11) is -4.64. The molecule has 0 aromatic heterocycles. The van der Waals surface area contributed by atoms with Crippen molar-refractivity contribution in [1.29, 1.82) is 0 Å². The fourth-order valence-corrected chi connectivity index (χ4v) is 2.24. The van der Waals surface area contributed by atoms with E-state index in [1.54, 1.807) is 0 Å². The van der Waals surface area contributed by atoms with Gasteiger partial charge in [0.2, 0.25) is 0 Å². The first-order chi connectivity index (χ1) is 8.41. The van der Waals surface area contributed by atoms with E-state index >= 15 is 0 Å². The third-order valence-corrected chi connectivity index (χ3v) is 3.41. The molecule has 108 valence electrons. The van der Waals surface area contributed by atoms with E-state index in [4.69, 9.17) is 19.2 Å². The van der Waals surface area contributed by atoms with Gasteiger partial charge in [-0.2, -0.15) is 0 Å². The minimum absolute atomic E-state index is 0. The molecule has 0 spiro atoms. The van der Waals surface area contributed by atoms with E-state index in [-0.39, 0.29) is 29.6 Å². The van der Waals surface area contributed by atoms with E-state index in [2.05, 4.69) is 6.92 Å². The van der Waals surface area contributed by atoms with Crippen molar-refractivity contribution in [2.45, 2.75) is 74.8 Å². The van der Waals surface area contributed by atoms with Crippen molar-refractivity contribution in [3.63, 3.8) is 0 Å². The second kappa shape index (κ2) is 20.1. The molecule has 0 aliphatic rings. The van der Waals surface area contributed by atoms with Gasteiger partial charge in [0.1, 0.15) is 0 Å². The standard InChI is InChI=1S/C12H25.2Na.H3O4P.H/c1-3-5-7-9-11-12-10-8-6-4-2;;;1-5(2,3)4;/h1,3-12H2,2H3;;;(H3,1,2,3,4);. The Balaban J connectivity index is -0.000000366. The number of unbranched alkanes of at least 4 members (excludes halogenated alkanes) is 9. The van der Waals surface area contributed by atoms with Crippen molar-refractivity contribution in [3.8, 4) is 0 Å². The summed E-state index contributed by atoms with van der Waals surface area (Å²) in [5, 5.41) is 0. The molecule has 0 aromatic carbocycles. The molecule has 0 aromatic rings. The van der Waals surface area contributed by atoms with Crippen molar-refractivity contribution in [1.82, 2.24) is 0 Å².